The molecule has 2 heterocycles. The largest absolute Gasteiger partial charge is 0.348 e. The summed E-state index contributed by atoms with van der Waals surface area (Å²) in [6.07, 6.45) is 1.60. The van der Waals surface area contributed by atoms with Gasteiger partial charge in [-0.1, -0.05) is 6.07 Å². The van der Waals surface area contributed by atoms with Crippen molar-refractivity contribution in [2.45, 2.75) is 13.5 Å². The lowest BCUT2D eigenvalue weighted by Gasteiger charge is -2.07. The van der Waals surface area contributed by atoms with Gasteiger partial charge in [-0.05, 0) is 54.3 Å². The van der Waals surface area contributed by atoms with Crippen LogP contribution in [0.1, 0.15) is 21.5 Å². The fourth-order valence-corrected chi connectivity index (χ4v) is 2.84. The summed E-state index contributed by atoms with van der Waals surface area (Å²) in [6.45, 7) is 2.19. The molecule has 0 saturated heterocycles. The molecule has 4 aromatic rings. The van der Waals surface area contributed by atoms with Crippen LogP contribution in [0.25, 0.3) is 21.9 Å². The molecule has 4 rings (SSSR count). The zero-order valence-electron chi connectivity index (χ0n) is 13.6. The van der Waals surface area contributed by atoms with Crippen molar-refractivity contribution in [2.75, 3.05) is 0 Å². The van der Waals surface area contributed by atoms with E-state index in [1.807, 2.05) is 30.3 Å². The number of hydrogen-bond acceptors (Lipinski definition) is 3. The van der Waals surface area contributed by atoms with E-state index in [9.17, 15) is 9.59 Å². The summed E-state index contributed by atoms with van der Waals surface area (Å²) in [5.74, 6) is -0.144. The Morgan fingerprint density at radius 1 is 1.12 bits per heavy atom. The van der Waals surface area contributed by atoms with Crippen LogP contribution in [0.4, 0.5) is 0 Å². The Kier molecular flexibility index (Phi) is 3.57. The molecular formula is C19H16N4O2. The third-order valence-electron chi connectivity index (χ3n) is 4.23. The number of nitrogens with zero attached hydrogens (tertiary/aromatic N) is 1. The molecule has 25 heavy (non-hydrogen) atoms. The molecule has 0 spiro atoms. The Labute approximate surface area is 142 Å². The van der Waals surface area contributed by atoms with Gasteiger partial charge in [-0.2, -0.15) is 0 Å². The van der Waals surface area contributed by atoms with E-state index in [4.69, 9.17) is 0 Å². The standard InChI is InChI=1S/C19H16N4O2/c1-11-6-14-7-12(2-4-15(14)23-18(11)24)9-20-19(25)13-3-5-16-17(8-13)22-10-21-16/h2-8,10H,9H2,1H3,(H,20,25)(H,21,22)(H,23,24). The highest BCUT2D eigenvalue weighted by molar-refractivity contribution is 5.97. The molecule has 0 unspecified atom stereocenters. The zero-order valence-corrected chi connectivity index (χ0v) is 13.6. The predicted molar refractivity (Wildman–Crippen MR) is 96.6 cm³/mol. The lowest BCUT2D eigenvalue weighted by Crippen LogP contribution is -2.22. The normalized spacial score (nSPS) is 11.1. The van der Waals surface area contributed by atoms with Crippen LogP contribution in [0.2, 0.25) is 0 Å². The maximum atomic E-state index is 12.4. The summed E-state index contributed by atoms with van der Waals surface area (Å²) in [5, 5.41) is 3.86. The minimum atomic E-state index is -0.144. The van der Waals surface area contributed by atoms with Crippen molar-refractivity contribution in [1.82, 2.24) is 20.3 Å². The molecule has 3 N–H and O–H groups in total. The van der Waals surface area contributed by atoms with Crippen LogP contribution >= 0.6 is 0 Å². The third-order valence-corrected chi connectivity index (χ3v) is 4.23. The summed E-state index contributed by atoms with van der Waals surface area (Å²) in [5.41, 5.74) is 4.58. The van der Waals surface area contributed by atoms with Crippen LogP contribution in [-0.2, 0) is 6.54 Å². The first-order chi connectivity index (χ1) is 12.1. The number of aromatic nitrogens is 3. The smallest absolute Gasteiger partial charge is 0.251 e. The van der Waals surface area contributed by atoms with E-state index in [1.165, 1.54) is 0 Å². The summed E-state index contributed by atoms with van der Waals surface area (Å²) < 4.78 is 0. The summed E-state index contributed by atoms with van der Waals surface area (Å²) in [7, 11) is 0. The van der Waals surface area contributed by atoms with Crippen LogP contribution < -0.4 is 10.9 Å². The number of aryl methyl sites for hydroxylation is 1. The quantitative estimate of drug-likeness (QED) is 0.539. The second-order valence-electron chi connectivity index (χ2n) is 6.02. The average Bonchev–Trinajstić information content (AvgIpc) is 3.08. The van der Waals surface area contributed by atoms with Crippen LogP contribution in [0.15, 0.2) is 53.6 Å². The predicted octanol–water partition coefficient (Wildman–Crippen LogP) is 2.64. The number of nitrogens with one attached hydrogen (secondary N) is 3. The number of hydrogen-bond donors (Lipinski definition) is 3. The van der Waals surface area contributed by atoms with Crippen LogP contribution in [0.3, 0.4) is 0 Å². The number of carbonyl (C=O) groups excluding carboxylic acids is 1. The fraction of sp³-hybridized carbons (Fsp3) is 0.105. The first kappa shape index (κ1) is 15.1. The molecule has 6 heteroatoms. The van der Waals surface area contributed by atoms with Crippen molar-refractivity contribution in [3.8, 4) is 0 Å². The van der Waals surface area contributed by atoms with E-state index in [0.29, 0.717) is 17.7 Å². The molecule has 0 saturated carbocycles. The third kappa shape index (κ3) is 2.89. The minimum Gasteiger partial charge on any atom is -0.348 e. The zero-order chi connectivity index (χ0) is 17.4. The van der Waals surface area contributed by atoms with Crippen molar-refractivity contribution >= 4 is 27.8 Å². The highest BCUT2D eigenvalue weighted by Crippen LogP contribution is 2.14. The lowest BCUT2D eigenvalue weighted by molar-refractivity contribution is 0.0951. The maximum absolute atomic E-state index is 12.4. The number of pyridine rings is 1. The van der Waals surface area contributed by atoms with E-state index in [1.54, 1.807) is 25.4 Å². The summed E-state index contributed by atoms with van der Waals surface area (Å²) in [6, 6.07) is 12.9. The second-order valence-corrected chi connectivity index (χ2v) is 6.02. The van der Waals surface area contributed by atoms with Gasteiger partial charge in [-0.15, -0.1) is 0 Å². The molecule has 124 valence electrons. The number of rotatable bonds is 3. The number of amides is 1. The molecule has 0 aliphatic rings. The number of imidazole rings is 1. The highest BCUT2D eigenvalue weighted by atomic mass is 16.1. The molecular weight excluding hydrogens is 316 g/mol. The van der Waals surface area contributed by atoms with Gasteiger partial charge >= 0.3 is 0 Å². The number of H-pyrrole nitrogens is 2. The van der Waals surface area contributed by atoms with Crippen LogP contribution in [-0.4, -0.2) is 20.9 Å². The van der Waals surface area contributed by atoms with E-state index < -0.39 is 0 Å². The molecule has 0 aliphatic carbocycles. The second kappa shape index (κ2) is 5.90. The Hall–Kier alpha value is -3.41. The maximum Gasteiger partial charge on any atom is 0.251 e. The SMILES string of the molecule is Cc1cc2cc(CNC(=O)c3ccc4nc[nH]c4c3)ccc2[nH]c1=O. The van der Waals surface area contributed by atoms with Gasteiger partial charge in [0, 0.05) is 23.2 Å². The van der Waals surface area contributed by atoms with Crippen molar-refractivity contribution < 1.29 is 4.79 Å². The van der Waals surface area contributed by atoms with Crippen molar-refractivity contribution in [3.63, 3.8) is 0 Å². The Morgan fingerprint density at radius 3 is 2.88 bits per heavy atom. The van der Waals surface area contributed by atoms with Gasteiger partial charge in [0.1, 0.15) is 0 Å². The van der Waals surface area contributed by atoms with Gasteiger partial charge in [0.2, 0.25) is 0 Å². The van der Waals surface area contributed by atoms with Gasteiger partial charge < -0.3 is 15.3 Å². The minimum absolute atomic E-state index is 0.0808. The van der Waals surface area contributed by atoms with Crippen LogP contribution in [0, 0.1) is 6.92 Å². The van der Waals surface area contributed by atoms with E-state index in [0.717, 1.165) is 27.5 Å². The van der Waals surface area contributed by atoms with Gasteiger partial charge in [0.15, 0.2) is 0 Å². The Bertz CT molecular complexity index is 1160. The molecule has 0 bridgehead atoms. The number of fused-ring (bicyclic) bond motifs is 2. The Balaban J connectivity index is 1.53. The molecule has 0 radical (unpaired) electrons. The molecule has 6 nitrogen and oxygen atoms in total. The first-order valence-corrected chi connectivity index (χ1v) is 7.94. The number of aromatic amines is 2. The molecule has 2 aromatic carbocycles. The molecule has 2 aromatic heterocycles. The van der Waals surface area contributed by atoms with E-state index >= 15 is 0 Å². The Morgan fingerprint density at radius 2 is 2.00 bits per heavy atom. The van der Waals surface area contributed by atoms with E-state index in [2.05, 4.69) is 20.3 Å². The van der Waals surface area contributed by atoms with Gasteiger partial charge in [0.05, 0.1) is 17.4 Å². The van der Waals surface area contributed by atoms with Crippen molar-refractivity contribution in [3.05, 3.63) is 75.8 Å². The lowest BCUT2D eigenvalue weighted by atomic mass is 10.1. The molecule has 0 fully saturated rings. The molecule has 0 atom stereocenters. The van der Waals surface area contributed by atoms with Gasteiger partial charge in [-0.25, -0.2) is 4.98 Å². The molecule has 1 amide bonds. The topological polar surface area (TPSA) is 90.6 Å². The van der Waals surface area contributed by atoms with E-state index in [-0.39, 0.29) is 11.5 Å². The average molecular weight is 332 g/mol. The number of carbonyl (C=O) groups is 1. The van der Waals surface area contributed by atoms with Gasteiger partial charge in [-0.3, -0.25) is 9.59 Å². The fourth-order valence-electron chi connectivity index (χ4n) is 2.84. The van der Waals surface area contributed by atoms with Crippen LogP contribution in [0.5, 0.6) is 0 Å². The first-order valence-electron chi connectivity index (χ1n) is 7.94. The van der Waals surface area contributed by atoms with Crippen molar-refractivity contribution in [1.29, 1.82) is 0 Å². The highest BCUT2D eigenvalue weighted by Gasteiger charge is 2.08. The van der Waals surface area contributed by atoms with Gasteiger partial charge in [0.25, 0.3) is 11.5 Å². The molecule has 0 aliphatic heterocycles. The van der Waals surface area contributed by atoms with Crippen molar-refractivity contribution in [2.24, 2.45) is 0 Å². The summed E-state index contributed by atoms with van der Waals surface area (Å²) >= 11 is 0. The summed E-state index contributed by atoms with van der Waals surface area (Å²) in [4.78, 5) is 34.0. The monoisotopic (exact) mass is 332 g/mol. The number of benzene rings is 2.